The topological polar surface area (TPSA) is 139 Å². The van der Waals surface area contributed by atoms with Crippen LogP contribution in [0.4, 0.5) is 5.82 Å². The van der Waals surface area contributed by atoms with E-state index in [1.807, 2.05) is 42.2 Å². The first-order valence-corrected chi connectivity index (χ1v) is 16.1. The van der Waals surface area contributed by atoms with Gasteiger partial charge in [0.2, 0.25) is 5.91 Å². The number of carbonyl (C=O) groups is 2. The van der Waals surface area contributed by atoms with E-state index in [9.17, 15) is 19.2 Å². The number of hydrogen-bond acceptors (Lipinski definition) is 7. The summed E-state index contributed by atoms with van der Waals surface area (Å²) in [5, 5.41) is 0.864. The molecule has 12 heteroatoms. The summed E-state index contributed by atoms with van der Waals surface area (Å²) in [4.78, 5) is 73.2. The molecule has 46 heavy (non-hydrogen) atoms. The fourth-order valence-corrected chi connectivity index (χ4v) is 6.22. The molecule has 7 rings (SSSR count). The number of nitrogens with zero attached hydrogens (tertiary/aromatic N) is 7. The number of likely N-dealkylation sites (tertiary alicyclic amines) is 1. The predicted molar refractivity (Wildman–Crippen MR) is 175 cm³/mol. The van der Waals surface area contributed by atoms with Gasteiger partial charge in [0.05, 0.1) is 11.1 Å². The number of carbonyl (C=O) groups excluding carboxylic acids is 2. The first-order chi connectivity index (χ1) is 22.4. The minimum atomic E-state index is -0.380. The molecule has 1 aromatic carbocycles. The third-order valence-corrected chi connectivity index (χ3v) is 8.78. The largest absolute Gasteiger partial charge is 0.343 e. The van der Waals surface area contributed by atoms with Crippen molar-refractivity contribution in [1.82, 2.24) is 34.0 Å². The maximum absolute atomic E-state index is 13.9. The lowest BCUT2D eigenvalue weighted by Crippen LogP contribution is -2.39. The van der Waals surface area contributed by atoms with Gasteiger partial charge in [-0.2, -0.15) is 0 Å². The van der Waals surface area contributed by atoms with Crippen molar-refractivity contribution >= 4 is 39.7 Å². The van der Waals surface area contributed by atoms with Crippen LogP contribution >= 0.6 is 0 Å². The highest BCUT2D eigenvalue weighted by Crippen LogP contribution is 2.35. The monoisotopic (exact) mass is 620 g/mol. The van der Waals surface area contributed by atoms with Crippen LogP contribution in [0.3, 0.4) is 0 Å². The summed E-state index contributed by atoms with van der Waals surface area (Å²) in [6.45, 7) is 3.93. The summed E-state index contributed by atoms with van der Waals surface area (Å²) in [6, 6.07) is 13.1. The van der Waals surface area contributed by atoms with Crippen molar-refractivity contribution in [1.29, 1.82) is 0 Å². The number of nitrogens with one attached hydrogen (secondary N) is 1. The van der Waals surface area contributed by atoms with Crippen LogP contribution in [0.2, 0.25) is 0 Å². The van der Waals surface area contributed by atoms with Crippen LogP contribution in [0, 0.1) is 0 Å². The molecule has 5 aromatic rings. The van der Waals surface area contributed by atoms with Crippen LogP contribution in [0.5, 0.6) is 0 Å². The number of aromatic nitrogens is 6. The van der Waals surface area contributed by atoms with Crippen LogP contribution in [0.15, 0.2) is 64.4 Å². The van der Waals surface area contributed by atoms with Crippen molar-refractivity contribution in [3.63, 3.8) is 0 Å². The fourth-order valence-electron chi connectivity index (χ4n) is 6.22. The van der Waals surface area contributed by atoms with E-state index in [-0.39, 0.29) is 29.1 Å². The van der Waals surface area contributed by atoms with E-state index in [0.29, 0.717) is 72.8 Å². The van der Waals surface area contributed by atoms with Crippen LogP contribution in [0.1, 0.15) is 68.3 Å². The molecule has 236 valence electrons. The summed E-state index contributed by atoms with van der Waals surface area (Å²) in [5.74, 6) is 0.791. The van der Waals surface area contributed by atoms with Crippen molar-refractivity contribution < 1.29 is 9.59 Å². The number of benzene rings is 1. The maximum atomic E-state index is 13.9. The Morgan fingerprint density at radius 3 is 2.63 bits per heavy atom. The molecular formula is C34H36N8O4. The minimum absolute atomic E-state index is 0.0414. The van der Waals surface area contributed by atoms with E-state index in [4.69, 9.17) is 0 Å². The number of pyridine rings is 2. The lowest BCUT2D eigenvalue weighted by Gasteiger charge is -2.28. The van der Waals surface area contributed by atoms with Gasteiger partial charge in [-0.25, -0.2) is 14.8 Å². The molecule has 0 bridgehead atoms. The van der Waals surface area contributed by atoms with Crippen molar-refractivity contribution in [2.75, 3.05) is 24.5 Å². The van der Waals surface area contributed by atoms with Gasteiger partial charge in [0, 0.05) is 62.0 Å². The molecule has 12 nitrogen and oxygen atoms in total. The van der Waals surface area contributed by atoms with E-state index < -0.39 is 0 Å². The smallest absolute Gasteiger partial charge is 0.332 e. The molecule has 2 amide bonds. The molecule has 1 saturated heterocycles. The zero-order chi connectivity index (χ0) is 31.8. The Labute approximate surface area is 264 Å². The van der Waals surface area contributed by atoms with Gasteiger partial charge >= 0.3 is 5.69 Å². The van der Waals surface area contributed by atoms with Gasteiger partial charge in [0.1, 0.15) is 17.2 Å². The Bertz CT molecular complexity index is 2060. The Balaban J connectivity index is 1.20. The van der Waals surface area contributed by atoms with Gasteiger partial charge in [-0.1, -0.05) is 25.1 Å². The van der Waals surface area contributed by atoms with Gasteiger partial charge in [0.25, 0.3) is 11.5 Å². The third kappa shape index (κ3) is 5.59. The number of amides is 2. The first kappa shape index (κ1) is 29.6. The molecule has 0 unspecified atom stereocenters. The second-order valence-corrected chi connectivity index (χ2v) is 12.1. The zero-order valence-corrected chi connectivity index (χ0v) is 25.8. The molecule has 0 spiro atoms. The van der Waals surface area contributed by atoms with Gasteiger partial charge in [-0.3, -0.25) is 33.4 Å². The third-order valence-electron chi connectivity index (χ3n) is 8.78. The number of anilines is 1. The van der Waals surface area contributed by atoms with Gasteiger partial charge in [-0.15, -0.1) is 0 Å². The van der Waals surface area contributed by atoms with Crippen LogP contribution in [-0.2, 0) is 11.3 Å². The second kappa shape index (κ2) is 12.3. The number of rotatable bonds is 10. The van der Waals surface area contributed by atoms with E-state index in [0.717, 1.165) is 43.1 Å². The Hall–Kier alpha value is -5.13. The minimum Gasteiger partial charge on any atom is -0.343 e. The molecule has 5 heterocycles. The standard InChI is InChI=1S/C34H36N8O4/c1-2-15-41-33(45)29-31(42(34(41)46)25-12-13-25)38-30(37-29)23-11-14-27(36-20-23)40(18-7-17-39-16-6-5-10-28(39)43)32(44)24-19-22-8-3-4-9-26(22)35-21-24/h3-4,8-9,11,14,19-21,25H,2,5-7,10,12-13,15-18H2,1H3,(H,37,38). The number of H-pyrrole nitrogens is 1. The average Bonchev–Trinajstić information content (AvgIpc) is 3.82. The number of aromatic amines is 1. The Morgan fingerprint density at radius 2 is 1.87 bits per heavy atom. The molecule has 2 aliphatic rings. The maximum Gasteiger partial charge on any atom is 0.332 e. The molecule has 4 aromatic heterocycles. The first-order valence-electron chi connectivity index (χ1n) is 16.1. The lowest BCUT2D eigenvalue weighted by molar-refractivity contribution is -0.133. The van der Waals surface area contributed by atoms with E-state index >= 15 is 0 Å². The highest BCUT2D eigenvalue weighted by molar-refractivity contribution is 6.07. The van der Waals surface area contributed by atoms with E-state index in [2.05, 4.69) is 19.9 Å². The summed E-state index contributed by atoms with van der Waals surface area (Å²) in [6.07, 6.45) is 8.68. The molecule has 2 fully saturated rings. The number of piperidine rings is 1. The van der Waals surface area contributed by atoms with Gasteiger partial charge < -0.3 is 9.88 Å². The molecule has 1 aliphatic carbocycles. The molecule has 1 N–H and O–H groups in total. The number of para-hydroxylation sites is 1. The zero-order valence-electron chi connectivity index (χ0n) is 25.8. The molecule has 1 aliphatic heterocycles. The molecule has 1 saturated carbocycles. The quantitative estimate of drug-likeness (QED) is 0.246. The summed E-state index contributed by atoms with van der Waals surface area (Å²) in [7, 11) is 0. The lowest BCUT2D eigenvalue weighted by atomic mass is 10.1. The van der Waals surface area contributed by atoms with Crippen LogP contribution < -0.4 is 16.1 Å². The van der Waals surface area contributed by atoms with Crippen molar-refractivity contribution in [2.45, 2.75) is 64.5 Å². The fraction of sp³-hybridized carbons (Fsp3) is 0.382. The second-order valence-electron chi connectivity index (χ2n) is 12.1. The highest BCUT2D eigenvalue weighted by Gasteiger charge is 2.30. The Morgan fingerprint density at radius 1 is 1.02 bits per heavy atom. The van der Waals surface area contributed by atoms with Crippen LogP contribution in [-0.4, -0.2) is 65.4 Å². The van der Waals surface area contributed by atoms with E-state index in [1.54, 1.807) is 34.0 Å². The summed E-state index contributed by atoms with van der Waals surface area (Å²) in [5.41, 5.74) is 1.82. The van der Waals surface area contributed by atoms with E-state index in [1.165, 1.54) is 4.57 Å². The summed E-state index contributed by atoms with van der Waals surface area (Å²) < 4.78 is 2.92. The number of imidazole rings is 1. The molecule has 0 radical (unpaired) electrons. The SMILES string of the molecule is CCCn1c(=O)c2[nH]c(-c3ccc(N(CCCN4CCCCC4=O)C(=O)c4cnc5ccccc5c4)nc3)nc2n(C2CC2)c1=O. The molecule has 0 atom stereocenters. The van der Waals surface area contributed by atoms with Crippen molar-refractivity contribution in [3.05, 3.63) is 81.3 Å². The van der Waals surface area contributed by atoms with Gasteiger partial charge in [-0.05, 0) is 62.8 Å². The molecular weight excluding hydrogens is 584 g/mol. The predicted octanol–water partition coefficient (Wildman–Crippen LogP) is 4.29. The normalized spacial score (nSPS) is 15.2. The number of fused-ring (bicyclic) bond motifs is 2. The number of hydrogen-bond donors (Lipinski definition) is 1. The Kier molecular flexibility index (Phi) is 7.93. The average molecular weight is 621 g/mol. The van der Waals surface area contributed by atoms with Gasteiger partial charge in [0.15, 0.2) is 5.65 Å². The summed E-state index contributed by atoms with van der Waals surface area (Å²) >= 11 is 0. The highest BCUT2D eigenvalue weighted by atomic mass is 16.2. The van der Waals surface area contributed by atoms with Crippen molar-refractivity contribution in [2.24, 2.45) is 0 Å². The van der Waals surface area contributed by atoms with Crippen molar-refractivity contribution in [3.8, 4) is 11.4 Å². The van der Waals surface area contributed by atoms with Crippen LogP contribution in [0.25, 0.3) is 33.5 Å².